The molecule has 13 heavy (non-hydrogen) atoms. The molecule has 2 heterocycles. The number of hydrogen-bond donors (Lipinski definition) is 1. The zero-order valence-electron chi connectivity index (χ0n) is 6.88. The summed E-state index contributed by atoms with van der Waals surface area (Å²) in [6, 6.07) is 1.58. The normalized spacial score (nSPS) is 12.2. The third-order valence-electron chi connectivity index (χ3n) is 1.70. The first-order valence-electron chi connectivity index (χ1n) is 3.75. The van der Waals surface area contributed by atoms with Crippen LogP contribution in [0.5, 0.6) is 0 Å². The van der Waals surface area contributed by atoms with E-state index in [2.05, 4.69) is 15.0 Å². The summed E-state index contributed by atoms with van der Waals surface area (Å²) < 4.78 is 25.6. The van der Waals surface area contributed by atoms with Gasteiger partial charge in [-0.2, -0.15) is 8.78 Å². The van der Waals surface area contributed by atoms with E-state index in [1.54, 1.807) is 6.07 Å². The van der Waals surface area contributed by atoms with Gasteiger partial charge in [-0.1, -0.05) is 0 Å². The van der Waals surface area contributed by atoms with Gasteiger partial charge in [0.25, 0.3) is 0 Å². The fourth-order valence-electron chi connectivity index (χ4n) is 1.06. The molecule has 0 bridgehead atoms. The van der Waals surface area contributed by atoms with Gasteiger partial charge < -0.3 is 4.98 Å². The minimum Gasteiger partial charge on any atom is -0.336 e. The van der Waals surface area contributed by atoms with E-state index in [1.807, 2.05) is 0 Å². The number of hydrogen-bond acceptors (Lipinski definition) is 2. The lowest BCUT2D eigenvalue weighted by atomic mass is 10.4. The minimum atomic E-state index is -2.93. The molecule has 0 saturated heterocycles. The van der Waals surface area contributed by atoms with Gasteiger partial charge in [-0.15, -0.1) is 0 Å². The molecule has 2 rings (SSSR count). The van der Waals surface area contributed by atoms with Gasteiger partial charge in [-0.05, 0) is 6.07 Å². The fourth-order valence-corrected chi connectivity index (χ4v) is 1.06. The molecule has 1 N–H and O–H groups in total. The molecule has 0 aromatic carbocycles. The molecule has 3 nitrogen and oxygen atoms in total. The predicted octanol–water partition coefficient (Wildman–Crippen LogP) is 2.07. The Hall–Kier alpha value is -1.52. The summed E-state index contributed by atoms with van der Waals surface area (Å²) in [5.74, 6) is -3.26. The SMILES string of the molecule is CC(F)(F)c1nc2ccncc2[nH]1. The number of halogens is 2. The molecule has 2 aromatic rings. The molecular weight excluding hydrogens is 176 g/mol. The van der Waals surface area contributed by atoms with Gasteiger partial charge in [0, 0.05) is 13.1 Å². The Morgan fingerprint density at radius 1 is 1.46 bits per heavy atom. The quantitative estimate of drug-likeness (QED) is 0.735. The van der Waals surface area contributed by atoms with Crippen LogP contribution in [-0.4, -0.2) is 15.0 Å². The molecule has 0 amide bonds. The topological polar surface area (TPSA) is 41.6 Å². The summed E-state index contributed by atoms with van der Waals surface area (Å²) in [5, 5.41) is 0. The third-order valence-corrected chi connectivity index (χ3v) is 1.70. The van der Waals surface area contributed by atoms with Crippen LogP contribution < -0.4 is 0 Å². The number of fused-ring (bicyclic) bond motifs is 1. The van der Waals surface area contributed by atoms with E-state index in [1.165, 1.54) is 12.4 Å². The molecule has 0 fully saturated rings. The van der Waals surface area contributed by atoms with Gasteiger partial charge >= 0.3 is 5.92 Å². The second-order valence-corrected chi connectivity index (χ2v) is 2.87. The van der Waals surface area contributed by atoms with Crippen LogP contribution in [0.4, 0.5) is 8.78 Å². The van der Waals surface area contributed by atoms with E-state index < -0.39 is 5.92 Å². The number of aromatic amines is 1. The maximum absolute atomic E-state index is 12.8. The lowest BCUT2D eigenvalue weighted by Crippen LogP contribution is -2.08. The van der Waals surface area contributed by atoms with Crippen molar-refractivity contribution in [2.45, 2.75) is 12.8 Å². The van der Waals surface area contributed by atoms with Gasteiger partial charge in [-0.25, -0.2) is 4.98 Å². The second kappa shape index (κ2) is 2.48. The first-order chi connectivity index (χ1) is 6.07. The van der Waals surface area contributed by atoms with Crippen molar-refractivity contribution in [2.75, 3.05) is 0 Å². The Kier molecular flexibility index (Phi) is 1.55. The minimum absolute atomic E-state index is 0.324. The summed E-state index contributed by atoms with van der Waals surface area (Å²) in [6.45, 7) is 0.804. The molecule has 0 aliphatic heterocycles. The van der Waals surface area contributed by atoms with Crippen LogP contribution in [0.25, 0.3) is 11.0 Å². The van der Waals surface area contributed by atoms with Crippen LogP contribution in [0.3, 0.4) is 0 Å². The predicted molar refractivity (Wildman–Crippen MR) is 43.5 cm³/mol. The number of alkyl halides is 2. The molecule has 0 radical (unpaired) electrons. The fraction of sp³-hybridized carbons (Fsp3) is 0.250. The van der Waals surface area contributed by atoms with Gasteiger partial charge in [-0.3, -0.25) is 4.98 Å². The van der Waals surface area contributed by atoms with Crippen LogP contribution in [0, 0.1) is 0 Å². The highest BCUT2D eigenvalue weighted by atomic mass is 19.3. The van der Waals surface area contributed by atoms with E-state index in [0.717, 1.165) is 6.92 Å². The Balaban J connectivity index is 2.63. The number of nitrogens with one attached hydrogen (secondary N) is 1. The summed E-state index contributed by atoms with van der Waals surface area (Å²) in [4.78, 5) is 10.0. The van der Waals surface area contributed by atoms with Crippen LogP contribution >= 0.6 is 0 Å². The number of aromatic nitrogens is 3. The molecule has 0 aliphatic carbocycles. The van der Waals surface area contributed by atoms with Crippen molar-refractivity contribution >= 4 is 11.0 Å². The van der Waals surface area contributed by atoms with Gasteiger partial charge in [0.2, 0.25) is 0 Å². The van der Waals surface area contributed by atoms with Crippen molar-refractivity contribution in [2.24, 2.45) is 0 Å². The molecule has 68 valence electrons. The summed E-state index contributed by atoms with van der Waals surface area (Å²) in [5.41, 5.74) is 1.03. The largest absolute Gasteiger partial charge is 0.336 e. The molecular formula is C8H7F2N3. The third kappa shape index (κ3) is 1.37. The first-order valence-corrected chi connectivity index (χ1v) is 3.75. The molecule has 0 atom stereocenters. The van der Waals surface area contributed by atoms with Crippen LogP contribution in [-0.2, 0) is 5.92 Å². The van der Waals surface area contributed by atoms with Gasteiger partial charge in [0.05, 0.1) is 17.2 Å². The summed E-state index contributed by atoms with van der Waals surface area (Å²) in [7, 11) is 0. The number of rotatable bonds is 1. The smallest absolute Gasteiger partial charge is 0.301 e. The lowest BCUT2D eigenvalue weighted by Gasteiger charge is -2.03. The zero-order chi connectivity index (χ0) is 9.47. The maximum Gasteiger partial charge on any atom is 0.301 e. The van der Waals surface area contributed by atoms with Crippen LogP contribution in [0.2, 0.25) is 0 Å². The van der Waals surface area contributed by atoms with Crippen molar-refractivity contribution in [3.8, 4) is 0 Å². The highest BCUT2D eigenvalue weighted by Crippen LogP contribution is 2.25. The maximum atomic E-state index is 12.8. The summed E-state index contributed by atoms with van der Waals surface area (Å²) in [6.07, 6.45) is 2.98. The molecule has 5 heteroatoms. The van der Waals surface area contributed by atoms with Gasteiger partial charge in [0.1, 0.15) is 0 Å². The number of imidazole rings is 1. The standard InChI is InChI=1S/C8H7F2N3/c1-8(9,10)7-12-5-2-3-11-4-6(5)13-7/h2-4H,1H3,(H,12,13). The van der Waals surface area contributed by atoms with E-state index in [0.29, 0.717) is 11.0 Å². The van der Waals surface area contributed by atoms with Gasteiger partial charge in [0.15, 0.2) is 5.82 Å². The van der Waals surface area contributed by atoms with Crippen molar-refractivity contribution in [3.63, 3.8) is 0 Å². The first kappa shape index (κ1) is 8.10. The Morgan fingerprint density at radius 3 is 2.85 bits per heavy atom. The molecule has 2 aromatic heterocycles. The zero-order valence-corrected chi connectivity index (χ0v) is 6.88. The molecule has 0 spiro atoms. The van der Waals surface area contributed by atoms with E-state index in [-0.39, 0.29) is 5.82 Å². The van der Waals surface area contributed by atoms with E-state index in [9.17, 15) is 8.78 Å². The number of nitrogens with zero attached hydrogens (tertiary/aromatic N) is 2. The van der Waals surface area contributed by atoms with Crippen molar-refractivity contribution in [1.29, 1.82) is 0 Å². The lowest BCUT2D eigenvalue weighted by molar-refractivity contribution is 0.00891. The second-order valence-electron chi connectivity index (χ2n) is 2.87. The molecule has 0 aliphatic rings. The van der Waals surface area contributed by atoms with E-state index >= 15 is 0 Å². The highest BCUT2D eigenvalue weighted by Gasteiger charge is 2.28. The number of H-pyrrole nitrogens is 1. The summed E-state index contributed by atoms with van der Waals surface area (Å²) >= 11 is 0. The Bertz CT molecular complexity index is 397. The van der Waals surface area contributed by atoms with Crippen LogP contribution in [0.1, 0.15) is 12.7 Å². The average Bonchev–Trinajstić information content (AvgIpc) is 2.45. The van der Waals surface area contributed by atoms with E-state index in [4.69, 9.17) is 0 Å². The monoisotopic (exact) mass is 183 g/mol. The van der Waals surface area contributed by atoms with Crippen molar-refractivity contribution in [1.82, 2.24) is 15.0 Å². The van der Waals surface area contributed by atoms with Crippen molar-refractivity contribution < 1.29 is 8.78 Å². The molecule has 0 unspecified atom stereocenters. The average molecular weight is 183 g/mol. The Labute approximate surface area is 72.8 Å². The van der Waals surface area contributed by atoms with Crippen LogP contribution in [0.15, 0.2) is 18.5 Å². The molecule has 0 saturated carbocycles. The van der Waals surface area contributed by atoms with Crippen molar-refractivity contribution in [3.05, 3.63) is 24.3 Å². The highest BCUT2D eigenvalue weighted by molar-refractivity contribution is 5.73. The number of pyridine rings is 1. The Morgan fingerprint density at radius 2 is 2.23 bits per heavy atom.